The molecule has 0 amide bonds. The van der Waals surface area contributed by atoms with Gasteiger partial charge in [0.2, 0.25) is 0 Å². The summed E-state index contributed by atoms with van der Waals surface area (Å²) in [6.45, 7) is 38.6. The quantitative estimate of drug-likeness (QED) is 0.101. The first-order valence-corrected chi connectivity index (χ1v) is 24.9. The molecule has 0 bridgehead atoms. The third kappa shape index (κ3) is 23.8. The second kappa shape index (κ2) is 30.0. The van der Waals surface area contributed by atoms with Crippen molar-refractivity contribution in [2.75, 3.05) is 24.6 Å². The maximum absolute atomic E-state index is 13.2. The first kappa shape index (κ1) is 54.0. The largest absolute Gasteiger partial charge is 0.206 e. The summed E-state index contributed by atoms with van der Waals surface area (Å²) < 4.78 is 13.2. The van der Waals surface area contributed by atoms with Gasteiger partial charge in [-0.3, -0.25) is 0 Å². The van der Waals surface area contributed by atoms with Gasteiger partial charge in [-0.25, -0.2) is 4.39 Å². The summed E-state index contributed by atoms with van der Waals surface area (Å²) in [6.07, 6.45) is 6.03. The molecule has 0 unspecified atom stereocenters. The summed E-state index contributed by atoms with van der Waals surface area (Å²) >= 11 is 0. The van der Waals surface area contributed by atoms with Crippen LogP contribution in [0.25, 0.3) is 0 Å². The van der Waals surface area contributed by atoms with E-state index in [1.807, 2.05) is 30.3 Å². The molecule has 0 heterocycles. The molecule has 0 aliphatic heterocycles. The van der Waals surface area contributed by atoms with Gasteiger partial charge in [-0.05, 0) is 94.2 Å². The van der Waals surface area contributed by atoms with E-state index in [1.54, 1.807) is 18.2 Å². The van der Waals surface area contributed by atoms with E-state index in [9.17, 15) is 4.39 Å². The molecular formula is C42H73FNi2P4. The van der Waals surface area contributed by atoms with Crippen LogP contribution in [-0.4, -0.2) is 69.9 Å². The van der Waals surface area contributed by atoms with Gasteiger partial charge >= 0.3 is 0 Å². The normalized spacial score (nSPS) is 11.4. The SMILES string of the molecule is CC(C)P(CCP(C(C)C)C(C)C)C(C)C.CC(C)P(CCP(C(C)C)C(C)C)C(C)C.Fc1ccccc1C#Cc1ccccc1.[Ni].[Ni]. The number of benzene rings is 2. The molecule has 0 N–H and O–H groups in total. The Kier molecular flexibility index (Phi) is 33.1. The Labute approximate surface area is 331 Å². The summed E-state index contributed by atoms with van der Waals surface area (Å²) in [7, 11) is 1.02. The number of rotatable bonds is 14. The van der Waals surface area contributed by atoms with Gasteiger partial charge in [0.05, 0.1) is 5.56 Å². The molecule has 0 nitrogen and oxygen atoms in total. The smallest absolute Gasteiger partial charge is 0.138 e. The molecule has 2 rings (SSSR count). The van der Waals surface area contributed by atoms with Crippen molar-refractivity contribution in [3.8, 4) is 11.8 Å². The van der Waals surface area contributed by atoms with Crippen molar-refractivity contribution in [3.05, 3.63) is 71.5 Å². The molecule has 0 aliphatic rings. The Balaban J connectivity index is -0.000000635. The van der Waals surface area contributed by atoms with Crippen LogP contribution in [0.5, 0.6) is 0 Å². The molecule has 2 aromatic carbocycles. The predicted octanol–water partition coefficient (Wildman–Crippen LogP) is 14.4. The minimum Gasteiger partial charge on any atom is -0.206 e. The van der Waals surface area contributed by atoms with Gasteiger partial charge in [-0.2, -0.15) is 0 Å². The van der Waals surface area contributed by atoms with Crippen LogP contribution in [0.2, 0.25) is 0 Å². The maximum atomic E-state index is 13.2. The Bertz CT molecular complexity index is 1010. The molecule has 7 heteroatoms. The van der Waals surface area contributed by atoms with Crippen molar-refractivity contribution >= 4 is 31.7 Å². The summed E-state index contributed by atoms with van der Waals surface area (Å²) in [5.74, 6) is 5.44. The number of halogens is 1. The average molecular weight is 838 g/mol. The van der Waals surface area contributed by atoms with Gasteiger partial charge in [0, 0.05) is 38.5 Å². The number of hydrogen-bond acceptors (Lipinski definition) is 0. The number of hydrogen-bond donors (Lipinski definition) is 0. The summed E-state index contributed by atoms with van der Waals surface area (Å²) in [5, 5.41) is 0. The molecular weight excluding hydrogens is 765 g/mol. The van der Waals surface area contributed by atoms with Gasteiger partial charge in [0.25, 0.3) is 0 Å². The van der Waals surface area contributed by atoms with Crippen LogP contribution in [0, 0.1) is 17.7 Å². The summed E-state index contributed by atoms with van der Waals surface area (Å²) in [4.78, 5) is 0. The molecule has 0 saturated carbocycles. The summed E-state index contributed by atoms with van der Waals surface area (Å²) in [6, 6.07) is 16.0. The Hall–Kier alpha value is 0.637. The van der Waals surface area contributed by atoms with Gasteiger partial charge in [-0.15, -0.1) is 31.7 Å². The van der Waals surface area contributed by atoms with E-state index in [1.165, 1.54) is 30.7 Å². The maximum Gasteiger partial charge on any atom is 0.138 e. The Morgan fingerprint density at radius 3 is 0.939 bits per heavy atom. The molecule has 0 radical (unpaired) electrons. The van der Waals surface area contributed by atoms with Crippen molar-refractivity contribution in [1.82, 2.24) is 0 Å². The average Bonchev–Trinajstić information content (AvgIpc) is 2.96. The van der Waals surface area contributed by atoms with Gasteiger partial charge in [0.15, 0.2) is 0 Å². The molecule has 49 heavy (non-hydrogen) atoms. The molecule has 0 fully saturated rings. The van der Waals surface area contributed by atoms with Gasteiger partial charge in [0.1, 0.15) is 5.82 Å². The zero-order valence-electron chi connectivity index (χ0n) is 33.9. The van der Waals surface area contributed by atoms with Crippen molar-refractivity contribution in [1.29, 1.82) is 0 Å². The fourth-order valence-electron chi connectivity index (χ4n) is 6.14. The minimum atomic E-state index is -0.277. The Morgan fingerprint density at radius 2 is 0.673 bits per heavy atom. The Morgan fingerprint density at radius 1 is 0.408 bits per heavy atom. The predicted molar refractivity (Wildman–Crippen MR) is 227 cm³/mol. The minimum absolute atomic E-state index is 0. The zero-order valence-corrected chi connectivity index (χ0v) is 39.5. The molecule has 288 valence electrons. The van der Waals surface area contributed by atoms with E-state index >= 15 is 0 Å². The molecule has 0 aliphatic carbocycles. The fourth-order valence-corrected chi connectivity index (χ4v) is 18.7. The van der Waals surface area contributed by atoms with Crippen molar-refractivity contribution in [3.63, 3.8) is 0 Å². The zero-order chi connectivity index (χ0) is 36.3. The topological polar surface area (TPSA) is 0 Å². The van der Waals surface area contributed by atoms with E-state index < -0.39 is 0 Å². The molecule has 2 aromatic rings. The molecule has 0 spiro atoms. The van der Waals surface area contributed by atoms with Crippen molar-refractivity contribution in [2.24, 2.45) is 0 Å². The summed E-state index contributed by atoms with van der Waals surface area (Å²) in [5.41, 5.74) is 8.59. The van der Waals surface area contributed by atoms with Crippen molar-refractivity contribution in [2.45, 2.75) is 156 Å². The van der Waals surface area contributed by atoms with Crippen LogP contribution in [0.3, 0.4) is 0 Å². The van der Waals surface area contributed by atoms with E-state index in [-0.39, 0.29) is 70.5 Å². The van der Waals surface area contributed by atoms with Crippen LogP contribution in [0.1, 0.15) is 122 Å². The molecule has 0 aromatic heterocycles. The van der Waals surface area contributed by atoms with E-state index in [4.69, 9.17) is 0 Å². The van der Waals surface area contributed by atoms with Crippen LogP contribution in [0.4, 0.5) is 4.39 Å². The molecule has 0 atom stereocenters. The second-order valence-corrected chi connectivity index (χ2v) is 29.0. The molecule has 0 saturated heterocycles. The third-order valence-electron chi connectivity index (χ3n) is 8.53. The van der Waals surface area contributed by atoms with Crippen LogP contribution in [0.15, 0.2) is 54.6 Å². The van der Waals surface area contributed by atoms with E-state index in [0.717, 1.165) is 50.8 Å². The van der Waals surface area contributed by atoms with E-state index in [2.05, 4.69) is 123 Å². The third-order valence-corrected chi connectivity index (χ3v) is 22.8. The van der Waals surface area contributed by atoms with Crippen molar-refractivity contribution < 1.29 is 37.4 Å². The first-order valence-electron chi connectivity index (χ1n) is 18.2. The monoisotopic (exact) mass is 836 g/mol. The first-order chi connectivity index (χ1) is 21.9. The van der Waals surface area contributed by atoms with Crippen LogP contribution >= 0.6 is 31.7 Å². The van der Waals surface area contributed by atoms with E-state index in [0.29, 0.717) is 5.56 Å². The standard InChI is InChI=1S/C14H9F.2C14H32P2.2Ni/c15-14-9-5-4-8-13(14)11-10-12-6-2-1-3-7-12;2*1-11(2)15(12(3)4)9-10-16(13(5)6)14(7)8;;/h1-9H;2*11-14H,9-10H2,1-8H3;;. The fraction of sp³-hybridized carbons (Fsp3) is 0.667. The second-order valence-electron chi connectivity index (χ2n) is 14.8. The van der Waals surface area contributed by atoms with Crippen LogP contribution in [-0.2, 0) is 33.0 Å². The van der Waals surface area contributed by atoms with Crippen LogP contribution < -0.4 is 0 Å². The van der Waals surface area contributed by atoms with Gasteiger partial charge < -0.3 is 0 Å². The van der Waals surface area contributed by atoms with Gasteiger partial charge in [-0.1, -0.05) is 153 Å².